The maximum absolute atomic E-state index is 12.5. The maximum Gasteiger partial charge on any atom is 0.253 e. The molecule has 0 atom stereocenters. The van der Waals surface area contributed by atoms with E-state index in [0.717, 1.165) is 22.7 Å². The Morgan fingerprint density at radius 2 is 1.93 bits per heavy atom. The van der Waals surface area contributed by atoms with Crippen molar-refractivity contribution in [3.05, 3.63) is 41.2 Å². The van der Waals surface area contributed by atoms with Crippen LogP contribution in [-0.4, -0.2) is 52.1 Å². The van der Waals surface area contributed by atoms with E-state index in [9.17, 15) is 4.79 Å². The third kappa shape index (κ3) is 4.60. The molecule has 2 heterocycles. The van der Waals surface area contributed by atoms with Gasteiger partial charge in [-0.2, -0.15) is 4.98 Å². The zero-order valence-corrected chi connectivity index (χ0v) is 17.2. The fourth-order valence-corrected chi connectivity index (χ4v) is 3.11. The van der Waals surface area contributed by atoms with Crippen LogP contribution in [-0.2, 0) is 16.0 Å². The van der Waals surface area contributed by atoms with Crippen LogP contribution in [0.2, 0.25) is 0 Å². The average Bonchev–Trinajstić information content (AvgIpc) is 3.10. The molecule has 148 valence electrons. The largest absolute Gasteiger partial charge is 0.491 e. The van der Waals surface area contributed by atoms with Gasteiger partial charge >= 0.3 is 0 Å². The van der Waals surface area contributed by atoms with Gasteiger partial charge in [-0.25, -0.2) is 9.50 Å². The van der Waals surface area contributed by atoms with Crippen LogP contribution in [0.15, 0.2) is 29.4 Å². The van der Waals surface area contributed by atoms with Crippen molar-refractivity contribution < 1.29 is 14.3 Å². The third-order valence-corrected chi connectivity index (χ3v) is 4.78. The van der Waals surface area contributed by atoms with Gasteiger partial charge in [0, 0.05) is 29.7 Å². The molecule has 0 radical (unpaired) electrons. The number of aryl methyl sites for hydroxylation is 2. The Kier molecular flexibility index (Phi) is 6.48. The number of carbonyl (C=O) groups is 1. The van der Waals surface area contributed by atoms with Crippen LogP contribution in [0.25, 0.3) is 5.78 Å². The molecule has 0 aliphatic rings. The minimum atomic E-state index is -0.120. The summed E-state index contributed by atoms with van der Waals surface area (Å²) in [5.41, 5.74) is 3.20. The van der Waals surface area contributed by atoms with Gasteiger partial charge in [-0.3, -0.25) is 4.79 Å². The summed E-state index contributed by atoms with van der Waals surface area (Å²) in [6.07, 6.45) is 2.13. The van der Waals surface area contributed by atoms with Crippen molar-refractivity contribution in [3.8, 4) is 5.75 Å². The highest BCUT2D eigenvalue weighted by molar-refractivity contribution is 7.98. The standard InChI is InChI=1S/C19H23N5O3S/c1-12-16(13(2)24-18(20-12)22-19(23-24)28-4)11-17(25)21-14-5-7-15(8-6-14)27-10-9-26-3/h5-8H,9-11H2,1-4H3,(H,21,25). The number of fused-ring (bicyclic) bond motifs is 1. The zero-order chi connectivity index (χ0) is 20.1. The van der Waals surface area contributed by atoms with Crippen LogP contribution in [0.4, 0.5) is 5.69 Å². The second-order valence-corrected chi connectivity index (χ2v) is 6.94. The molecule has 0 fully saturated rings. The van der Waals surface area contributed by atoms with Crippen LogP contribution < -0.4 is 10.1 Å². The Hall–Kier alpha value is -2.65. The molecule has 3 aromatic rings. The van der Waals surface area contributed by atoms with E-state index in [1.807, 2.05) is 44.4 Å². The van der Waals surface area contributed by atoms with Crippen molar-refractivity contribution >= 4 is 29.1 Å². The summed E-state index contributed by atoms with van der Waals surface area (Å²) in [6.45, 7) is 4.82. The Morgan fingerprint density at radius 3 is 2.61 bits per heavy atom. The first kappa shape index (κ1) is 20.1. The van der Waals surface area contributed by atoms with E-state index in [4.69, 9.17) is 9.47 Å². The molecule has 0 spiro atoms. The molecule has 0 bridgehead atoms. The summed E-state index contributed by atoms with van der Waals surface area (Å²) in [6, 6.07) is 7.25. The normalized spacial score (nSPS) is 11.0. The molecule has 0 saturated carbocycles. The number of rotatable bonds is 8. The summed E-state index contributed by atoms with van der Waals surface area (Å²) >= 11 is 1.46. The lowest BCUT2D eigenvalue weighted by atomic mass is 10.1. The number of hydrogen-bond acceptors (Lipinski definition) is 7. The molecule has 0 aliphatic carbocycles. The van der Waals surface area contributed by atoms with Gasteiger partial charge in [-0.1, -0.05) is 11.8 Å². The van der Waals surface area contributed by atoms with Crippen molar-refractivity contribution in [2.45, 2.75) is 25.4 Å². The lowest BCUT2D eigenvalue weighted by molar-refractivity contribution is -0.115. The number of carbonyl (C=O) groups excluding carboxylic acids is 1. The summed E-state index contributed by atoms with van der Waals surface area (Å²) in [5.74, 6) is 1.16. The Balaban J connectivity index is 1.69. The third-order valence-electron chi connectivity index (χ3n) is 4.24. The van der Waals surface area contributed by atoms with Gasteiger partial charge in [0.25, 0.3) is 5.78 Å². The van der Waals surface area contributed by atoms with E-state index in [1.54, 1.807) is 11.6 Å². The summed E-state index contributed by atoms with van der Waals surface area (Å²) in [5, 5.41) is 7.98. The van der Waals surface area contributed by atoms with E-state index in [0.29, 0.717) is 29.8 Å². The molecule has 0 saturated heterocycles. The topological polar surface area (TPSA) is 90.6 Å². The van der Waals surface area contributed by atoms with Gasteiger partial charge < -0.3 is 14.8 Å². The van der Waals surface area contributed by atoms with Crippen LogP contribution in [0, 0.1) is 13.8 Å². The quantitative estimate of drug-likeness (QED) is 0.458. The molecular weight excluding hydrogens is 378 g/mol. The van der Waals surface area contributed by atoms with Crippen LogP contribution in [0.5, 0.6) is 5.75 Å². The van der Waals surface area contributed by atoms with E-state index < -0.39 is 0 Å². The Morgan fingerprint density at radius 1 is 1.18 bits per heavy atom. The van der Waals surface area contributed by atoms with Crippen LogP contribution in [0.1, 0.15) is 17.0 Å². The minimum Gasteiger partial charge on any atom is -0.491 e. The highest BCUT2D eigenvalue weighted by Crippen LogP contribution is 2.19. The summed E-state index contributed by atoms with van der Waals surface area (Å²) in [7, 11) is 1.63. The zero-order valence-electron chi connectivity index (χ0n) is 16.4. The predicted octanol–water partition coefficient (Wildman–Crippen LogP) is 2.67. The molecule has 8 nitrogen and oxygen atoms in total. The lowest BCUT2D eigenvalue weighted by Gasteiger charge is -2.11. The van der Waals surface area contributed by atoms with Crippen LogP contribution >= 0.6 is 11.8 Å². The number of benzene rings is 1. The highest BCUT2D eigenvalue weighted by atomic mass is 32.2. The summed E-state index contributed by atoms with van der Waals surface area (Å²) < 4.78 is 12.2. The monoisotopic (exact) mass is 401 g/mol. The fourth-order valence-electron chi connectivity index (χ4n) is 2.78. The molecule has 1 N–H and O–H groups in total. The number of nitrogens with one attached hydrogen (secondary N) is 1. The number of aromatic nitrogens is 4. The summed E-state index contributed by atoms with van der Waals surface area (Å²) in [4.78, 5) is 21.4. The van der Waals surface area contributed by atoms with E-state index in [-0.39, 0.29) is 12.3 Å². The van der Waals surface area contributed by atoms with Gasteiger partial charge in [-0.05, 0) is 44.4 Å². The number of hydrogen-bond donors (Lipinski definition) is 1. The number of amides is 1. The second kappa shape index (κ2) is 9.03. The number of thioether (sulfide) groups is 1. The Labute approximate surface area is 167 Å². The van der Waals surface area contributed by atoms with E-state index in [2.05, 4.69) is 20.4 Å². The number of nitrogens with zero attached hydrogens (tertiary/aromatic N) is 4. The molecule has 1 amide bonds. The van der Waals surface area contributed by atoms with Crippen molar-refractivity contribution in [2.75, 3.05) is 31.9 Å². The van der Waals surface area contributed by atoms with Crippen LogP contribution in [0.3, 0.4) is 0 Å². The number of anilines is 1. The van der Waals surface area contributed by atoms with Crippen molar-refractivity contribution in [1.82, 2.24) is 19.6 Å². The number of methoxy groups -OCH3 is 1. The molecule has 28 heavy (non-hydrogen) atoms. The average molecular weight is 401 g/mol. The predicted molar refractivity (Wildman–Crippen MR) is 108 cm³/mol. The van der Waals surface area contributed by atoms with Crippen molar-refractivity contribution in [2.24, 2.45) is 0 Å². The molecule has 2 aromatic heterocycles. The van der Waals surface area contributed by atoms with Crippen molar-refractivity contribution in [3.63, 3.8) is 0 Å². The molecule has 9 heteroatoms. The lowest BCUT2D eigenvalue weighted by Crippen LogP contribution is -2.17. The van der Waals surface area contributed by atoms with E-state index >= 15 is 0 Å². The van der Waals surface area contributed by atoms with Gasteiger partial charge in [0.2, 0.25) is 11.1 Å². The molecule has 3 rings (SSSR count). The Bertz CT molecular complexity index is 972. The second-order valence-electron chi connectivity index (χ2n) is 6.16. The van der Waals surface area contributed by atoms with Gasteiger partial charge in [0.1, 0.15) is 12.4 Å². The van der Waals surface area contributed by atoms with Crippen molar-refractivity contribution in [1.29, 1.82) is 0 Å². The van der Waals surface area contributed by atoms with Gasteiger partial charge in [0.15, 0.2) is 0 Å². The highest BCUT2D eigenvalue weighted by Gasteiger charge is 2.16. The maximum atomic E-state index is 12.5. The SMILES string of the molecule is COCCOc1ccc(NC(=O)Cc2c(C)nc3nc(SC)nn3c2C)cc1. The smallest absolute Gasteiger partial charge is 0.253 e. The fraction of sp³-hybridized carbons (Fsp3) is 0.368. The molecule has 0 aliphatic heterocycles. The minimum absolute atomic E-state index is 0.120. The van der Waals surface area contributed by atoms with Gasteiger partial charge in [0.05, 0.1) is 13.0 Å². The first-order valence-corrected chi connectivity index (χ1v) is 10.0. The molecule has 1 aromatic carbocycles. The molecule has 0 unspecified atom stereocenters. The number of ether oxygens (including phenoxy) is 2. The van der Waals surface area contributed by atoms with Gasteiger partial charge in [-0.15, -0.1) is 5.10 Å². The molecular formula is C19H23N5O3S. The van der Waals surface area contributed by atoms with E-state index in [1.165, 1.54) is 11.8 Å². The first-order chi connectivity index (χ1) is 13.5. The first-order valence-electron chi connectivity index (χ1n) is 8.80.